The van der Waals surface area contributed by atoms with Crippen molar-refractivity contribution in [2.24, 2.45) is 0 Å². The van der Waals surface area contributed by atoms with Crippen molar-refractivity contribution in [3.05, 3.63) is 42.0 Å². The summed E-state index contributed by atoms with van der Waals surface area (Å²) in [4.78, 5) is 10.3. The Labute approximate surface area is 82.0 Å². The molecular weight excluding hydrogens is 183 g/mol. The van der Waals surface area contributed by atoms with Crippen molar-refractivity contribution < 1.29 is 13.9 Å². The number of hydrogen-bond acceptors (Lipinski definition) is 2. The van der Waals surface area contributed by atoms with Gasteiger partial charge in [0.2, 0.25) is 0 Å². The highest BCUT2D eigenvalue weighted by Gasteiger charge is 2.02. The number of ether oxygens (including phenoxy) is 1. The molecule has 0 heterocycles. The lowest BCUT2D eigenvalue weighted by atomic mass is 10.2. The number of allylic oxidation sites excluding steroid dienone is 1. The average molecular weight is 194 g/mol. The molecule has 0 N–H and O–H groups in total. The summed E-state index contributed by atoms with van der Waals surface area (Å²) in [6.07, 6.45) is 3.73. The van der Waals surface area contributed by atoms with Crippen LogP contribution < -0.4 is 4.74 Å². The lowest BCUT2D eigenvalue weighted by Gasteiger charge is -2.02. The molecule has 0 aromatic heterocycles. The molecule has 0 radical (unpaired) electrons. The molecule has 0 aliphatic rings. The summed E-state index contributed by atoms with van der Waals surface area (Å²) in [6.45, 7) is 2.37. The van der Waals surface area contributed by atoms with Crippen molar-refractivity contribution in [2.75, 3.05) is 6.61 Å². The predicted molar refractivity (Wildman–Crippen MR) is 52.2 cm³/mol. The Morgan fingerprint density at radius 3 is 2.57 bits per heavy atom. The fourth-order valence-corrected chi connectivity index (χ4v) is 0.923. The quantitative estimate of drug-likeness (QED) is 0.544. The third-order valence-corrected chi connectivity index (χ3v) is 1.66. The van der Waals surface area contributed by atoms with Crippen LogP contribution in [0.25, 0.3) is 0 Å². The van der Waals surface area contributed by atoms with E-state index in [4.69, 9.17) is 4.74 Å². The Kier molecular flexibility index (Phi) is 3.85. The van der Waals surface area contributed by atoms with Crippen molar-refractivity contribution in [1.29, 1.82) is 0 Å². The average Bonchev–Trinajstić information content (AvgIpc) is 2.19. The van der Waals surface area contributed by atoms with Crippen LogP contribution >= 0.6 is 0 Å². The number of rotatable bonds is 4. The topological polar surface area (TPSA) is 26.3 Å². The molecule has 3 heteroatoms. The minimum Gasteiger partial charge on any atom is -0.490 e. The molecule has 0 bridgehead atoms. The van der Waals surface area contributed by atoms with E-state index in [1.165, 1.54) is 12.1 Å². The Hall–Kier alpha value is -1.64. The summed E-state index contributed by atoms with van der Waals surface area (Å²) in [6, 6.07) is 4.50. The highest BCUT2D eigenvalue weighted by Crippen LogP contribution is 2.12. The third-order valence-electron chi connectivity index (χ3n) is 1.66. The van der Waals surface area contributed by atoms with E-state index in [1.54, 1.807) is 12.1 Å². The molecule has 0 aliphatic heterocycles. The van der Waals surface area contributed by atoms with E-state index in [2.05, 4.69) is 0 Å². The van der Waals surface area contributed by atoms with Gasteiger partial charge in [0.1, 0.15) is 12.4 Å². The second-order valence-electron chi connectivity index (χ2n) is 2.68. The molecule has 2 nitrogen and oxygen atoms in total. The minimum atomic E-state index is -1.43. The van der Waals surface area contributed by atoms with Gasteiger partial charge in [0.05, 0.1) is 5.56 Å². The van der Waals surface area contributed by atoms with Crippen LogP contribution in [0.4, 0.5) is 4.39 Å². The molecule has 0 aliphatic carbocycles. The summed E-state index contributed by atoms with van der Waals surface area (Å²) in [7, 11) is 0. The Morgan fingerprint density at radius 2 is 2.07 bits per heavy atom. The van der Waals surface area contributed by atoms with Gasteiger partial charge in [-0.25, -0.2) is 0 Å². The highest BCUT2D eigenvalue weighted by atomic mass is 19.1. The van der Waals surface area contributed by atoms with Crippen molar-refractivity contribution in [1.82, 2.24) is 0 Å². The number of halogens is 1. The first-order valence-electron chi connectivity index (χ1n) is 4.28. The summed E-state index contributed by atoms with van der Waals surface area (Å²) in [5.41, 5.74) is 0.0448. The first kappa shape index (κ1) is 10.4. The van der Waals surface area contributed by atoms with Gasteiger partial charge in [0.15, 0.2) is 0 Å². The van der Waals surface area contributed by atoms with Gasteiger partial charge in [0, 0.05) is 0 Å². The molecule has 0 spiro atoms. The van der Waals surface area contributed by atoms with Gasteiger partial charge < -0.3 is 4.74 Å². The monoisotopic (exact) mass is 194 g/mol. The van der Waals surface area contributed by atoms with Gasteiger partial charge in [-0.3, -0.25) is 4.79 Å². The van der Waals surface area contributed by atoms with Gasteiger partial charge in [-0.1, -0.05) is 12.2 Å². The second kappa shape index (κ2) is 5.17. The fourth-order valence-electron chi connectivity index (χ4n) is 0.923. The number of hydrogen-bond donors (Lipinski definition) is 0. The lowest BCUT2D eigenvalue weighted by Crippen LogP contribution is -1.94. The number of benzene rings is 1. The van der Waals surface area contributed by atoms with Crippen molar-refractivity contribution in [3.63, 3.8) is 0 Å². The van der Waals surface area contributed by atoms with Crippen molar-refractivity contribution in [3.8, 4) is 5.75 Å². The Morgan fingerprint density at radius 1 is 1.43 bits per heavy atom. The Balaban J connectivity index is 2.59. The molecule has 1 aromatic carbocycles. The van der Waals surface area contributed by atoms with Crippen LogP contribution in [-0.4, -0.2) is 12.6 Å². The molecule has 0 atom stereocenters. The van der Waals surface area contributed by atoms with Crippen LogP contribution in [0.1, 0.15) is 17.3 Å². The normalized spacial score (nSPS) is 10.4. The molecule has 1 aromatic rings. The van der Waals surface area contributed by atoms with Gasteiger partial charge in [-0.05, 0) is 31.2 Å². The standard InChI is InChI=1S/C11H11FO2/c1-2-3-8-14-10-6-4-9(5-7-10)11(12)13/h2-7H,8H2,1H3/b3-2+. The van der Waals surface area contributed by atoms with E-state index in [-0.39, 0.29) is 5.56 Å². The maximum Gasteiger partial charge on any atom is 0.332 e. The zero-order valence-electron chi connectivity index (χ0n) is 7.87. The highest BCUT2D eigenvalue weighted by molar-refractivity contribution is 5.88. The second-order valence-corrected chi connectivity index (χ2v) is 2.68. The summed E-state index contributed by atoms with van der Waals surface area (Å²) < 4.78 is 17.4. The van der Waals surface area contributed by atoms with E-state index < -0.39 is 6.04 Å². The molecule has 0 unspecified atom stereocenters. The maximum atomic E-state index is 12.2. The van der Waals surface area contributed by atoms with Gasteiger partial charge >= 0.3 is 6.04 Å². The largest absolute Gasteiger partial charge is 0.490 e. The molecule has 14 heavy (non-hydrogen) atoms. The van der Waals surface area contributed by atoms with Crippen LogP contribution in [0, 0.1) is 0 Å². The molecule has 1 rings (SSSR count). The first-order valence-corrected chi connectivity index (χ1v) is 4.28. The van der Waals surface area contributed by atoms with Crippen molar-refractivity contribution >= 4 is 6.04 Å². The number of carbonyl (C=O) groups is 1. The zero-order chi connectivity index (χ0) is 10.4. The fraction of sp³-hybridized carbons (Fsp3) is 0.182. The zero-order valence-corrected chi connectivity index (χ0v) is 7.87. The van der Waals surface area contributed by atoms with E-state index in [1.807, 2.05) is 19.1 Å². The van der Waals surface area contributed by atoms with Crippen LogP contribution in [0.5, 0.6) is 5.75 Å². The molecule has 0 saturated carbocycles. The van der Waals surface area contributed by atoms with Crippen LogP contribution in [0.2, 0.25) is 0 Å². The molecule has 0 amide bonds. The SMILES string of the molecule is C/C=C/COc1ccc(C(=O)F)cc1. The molecule has 74 valence electrons. The van der Waals surface area contributed by atoms with Crippen LogP contribution in [0.3, 0.4) is 0 Å². The number of carbonyl (C=O) groups excluding carboxylic acids is 1. The van der Waals surface area contributed by atoms with Crippen LogP contribution in [-0.2, 0) is 0 Å². The van der Waals surface area contributed by atoms with E-state index >= 15 is 0 Å². The summed E-state index contributed by atoms with van der Waals surface area (Å²) >= 11 is 0. The molecule has 0 fully saturated rings. The lowest BCUT2D eigenvalue weighted by molar-refractivity contribution is 0.0836. The molecule has 0 saturated heterocycles. The summed E-state index contributed by atoms with van der Waals surface area (Å²) in [5, 5.41) is 0. The molecular formula is C11H11FO2. The maximum absolute atomic E-state index is 12.2. The van der Waals surface area contributed by atoms with Crippen molar-refractivity contribution in [2.45, 2.75) is 6.92 Å². The third kappa shape index (κ3) is 3.01. The van der Waals surface area contributed by atoms with Gasteiger partial charge in [-0.15, -0.1) is 0 Å². The van der Waals surface area contributed by atoms with Gasteiger partial charge in [-0.2, -0.15) is 4.39 Å². The summed E-state index contributed by atoms with van der Waals surface area (Å²) in [5.74, 6) is 0.619. The smallest absolute Gasteiger partial charge is 0.332 e. The van der Waals surface area contributed by atoms with E-state index in [9.17, 15) is 9.18 Å². The van der Waals surface area contributed by atoms with E-state index in [0.29, 0.717) is 12.4 Å². The van der Waals surface area contributed by atoms with Gasteiger partial charge in [0.25, 0.3) is 0 Å². The minimum absolute atomic E-state index is 0.0448. The Bertz CT molecular complexity index is 328. The first-order chi connectivity index (χ1) is 6.74. The van der Waals surface area contributed by atoms with Crippen LogP contribution in [0.15, 0.2) is 36.4 Å². The predicted octanol–water partition coefficient (Wildman–Crippen LogP) is 2.75. The van der Waals surface area contributed by atoms with E-state index in [0.717, 1.165) is 0 Å².